The SMILES string of the molecule is N#CCCn1c(SCC(=O)N(C2CCCCC2)[C@H]2CCS(=O)(=O)C2)nc2ccccc21. The van der Waals surface area contributed by atoms with Crippen molar-refractivity contribution in [1.29, 1.82) is 5.26 Å². The summed E-state index contributed by atoms with van der Waals surface area (Å²) in [5.74, 6) is 0.479. The van der Waals surface area contributed by atoms with Gasteiger partial charge in [-0.2, -0.15) is 5.26 Å². The topological polar surface area (TPSA) is 96.1 Å². The van der Waals surface area contributed by atoms with Crippen LogP contribution in [-0.2, 0) is 21.2 Å². The second-order valence-electron chi connectivity index (χ2n) is 8.38. The first kappa shape index (κ1) is 22.2. The molecule has 9 heteroatoms. The number of amides is 1. The number of carbonyl (C=O) groups excluding carboxylic acids is 1. The van der Waals surface area contributed by atoms with Crippen molar-refractivity contribution in [2.45, 2.75) is 68.7 Å². The van der Waals surface area contributed by atoms with Crippen LogP contribution >= 0.6 is 11.8 Å². The van der Waals surface area contributed by atoms with Crippen molar-refractivity contribution in [3.8, 4) is 6.07 Å². The van der Waals surface area contributed by atoms with Crippen molar-refractivity contribution in [3.05, 3.63) is 24.3 Å². The first-order valence-electron chi connectivity index (χ1n) is 10.9. The molecule has 1 atom stereocenters. The zero-order valence-electron chi connectivity index (χ0n) is 17.6. The first-order chi connectivity index (χ1) is 15.0. The molecule has 2 aromatic rings. The Morgan fingerprint density at radius 2 is 1.97 bits per heavy atom. The first-order valence-corrected chi connectivity index (χ1v) is 13.8. The third-order valence-corrected chi connectivity index (χ3v) is 8.96. The van der Waals surface area contributed by atoms with Crippen LogP contribution in [0.4, 0.5) is 0 Å². The van der Waals surface area contributed by atoms with Gasteiger partial charge < -0.3 is 9.47 Å². The Hall–Kier alpha value is -2.05. The number of carbonyl (C=O) groups is 1. The Morgan fingerprint density at radius 1 is 1.19 bits per heavy atom. The Balaban J connectivity index is 1.53. The van der Waals surface area contributed by atoms with Crippen molar-refractivity contribution in [2.24, 2.45) is 0 Å². The number of hydrogen-bond donors (Lipinski definition) is 0. The molecule has 1 aliphatic carbocycles. The largest absolute Gasteiger partial charge is 0.335 e. The van der Waals surface area contributed by atoms with Crippen LogP contribution in [0.25, 0.3) is 11.0 Å². The average molecular weight is 461 g/mol. The van der Waals surface area contributed by atoms with Crippen LogP contribution in [0.3, 0.4) is 0 Å². The number of aromatic nitrogens is 2. The lowest BCUT2D eigenvalue weighted by Crippen LogP contribution is -2.49. The lowest BCUT2D eigenvalue weighted by atomic mass is 9.93. The third-order valence-electron chi connectivity index (χ3n) is 6.25. The summed E-state index contributed by atoms with van der Waals surface area (Å²) >= 11 is 1.38. The van der Waals surface area contributed by atoms with E-state index in [9.17, 15) is 13.2 Å². The molecule has 7 nitrogen and oxygen atoms in total. The lowest BCUT2D eigenvalue weighted by Gasteiger charge is -2.38. The summed E-state index contributed by atoms with van der Waals surface area (Å²) < 4.78 is 26.2. The van der Waals surface area contributed by atoms with Crippen LogP contribution in [0.2, 0.25) is 0 Å². The minimum absolute atomic E-state index is 0.00195. The molecule has 4 rings (SSSR count). The predicted molar refractivity (Wildman–Crippen MR) is 121 cm³/mol. The molecule has 2 fully saturated rings. The van der Waals surface area contributed by atoms with E-state index in [4.69, 9.17) is 5.26 Å². The maximum atomic E-state index is 13.4. The monoisotopic (exact) mass is 460 g/mol. The van der Waals surface area contributed by atoms with Crippen LogP contribution < -0.4 is 0 Å². The van der Waals surface area contributed by atoms with Crippen LogP contribution in [-0.4, -0.2) is 58.1 Å². The number of hydrogen-bond acceptors (Lipinski definition) is 6. The van der Waals surface area contributed by atoms with E-state index in [1.165, 1.54) is 18.2 Å². The van der Waals surface area contributed by atoms with Gasteiger partial charge in [-0.3, -0.25) is 4.79 Å². The second-order valence-corrected chi connectivity index (χ2v) is 11.6. The molecule has 0 unspecified atom stereocenters. The van der Waals surface area contributed by atoms with E-state index in [1.54, 1.807) is 0 Å². The number of imidazole rings is 1. The van der Waals surface area contributed by atoms with Gasteiger partial charge in [0.05, 0.1) is 40.8 Å². The number of nitrogens with zero attached hydrogens (tertiary/aromatic N) is 4. The molecule has 0 N–H and O–H groups in total. The third kappa shape index (κ3) is 5.07. The van der Waals surface area contributed by atoms with Gasteiger partial charge in [0.15, 0.2) is 15.0 Å². The molecular formula is C22H28N4O3S2. The fourth-order valence-electron chi connectivity index (χ4n) is 4.80. The number of thioether (sulfide) groups is 1. The molecule has 31 heavy (non-hydrogen) atoms. The molecule has 1 aliphatic heterocycles. The summed E-state index contributed by atoms with van der Waals surface area (Å²) in [5, 5.41) is 9.76. The fourth-order valence-corrected chi connectivity index (χ4v) is 7.42. The van der Waals surface area contributed by atoms with E-state index in [0.717, 1.165) is 41.9 Å². The molecule has 0 spiro atoms. The predicted octanol–water partition coefficient (Wildman–Crippen LogP) is 3.39. The minimum Gasteiger partial charge on any atom is -0.335 e. The molecule has 0 radical (unpaired) electrons. The van der Waals surface area contributed by atoms with Crippen molar-refractivity contribution in [2.75, 3.05) is 17.3 Å². The molecular weight excluding hydrogens is 432 g/mol. The number of sulfone groups is 1. The Kier molecular flexibility index (Phi) is 6.87. The molecule has 1 amide bonds. The summed E-state index contributed by atoms with van der Waals surface area (Å²) in [6, 6.07) is 9.88. The van der Waals surface area contributed by atoms with Crippen molar-refractivity contribution >= 4 is 38.5 Å². The zero-order chi connectivity index (χ0) is 21.8. The Labute approximate surface area is 187 Å². The van der Waals surface area contributed by atoms with Gasteiger partial charge in [0.25, 0.3) is 0 Å². The van der Waals surface area contributed by atoms with Gasteiger partial charge in [-0.1, -0.05) is 43.2 Å². The summed E-state index contributed by atoms with van der Waals surface area (Å²) in [6.45, 7) is 0.529. The van der Waals surface area contributed by atoms with Crippen LogP contribution in [0.15, 0.2) is 29.4 Å². The molecule has 166 valence electrons. The smallest absolute Gasteiger partial charge is 0.233 e. The maximum Gasteiger partial charge on any atom is 0.233 e. The lowest BCUT2D eigenvalue weighted by molar-refractivity contribution is -0.133. The van der Waals surface area contributed by atoms with Gasteiger partial charge in [0.1, 0.15) is 0 Å². The molecule has 1 saturated heterocycles. The highest BCUT2D eigenvalue weighted by Crippen LogP contribution is 2.30. The fraction of sp³-hybridized carbons (Fsp3) is 0.591. The highest BCUT2D eigenvalue weighted by molar-refractivity contribution is 7.99. The average Bonchev–Trinajstić information content (AvgIpc) is 3.31. The second kappa shape index (κ2) is 9.61. The number of aryl methyl sites for hydroxylation is 1. The van der Waals surface area contributed by atoms with Crippen molar-refractivity contribution in [1.82, 2.24) is 14.5 Å². The van der Waals surface area contributed by atoms with Crippen molar-refractivity contribution in [3.63, 3.8) is 0 Å². The zero-order valence-corrected chi connectivity index (χ0v) is 19.2. The number of nitriles is 1. The summed E-state index contributed by atoms with van der Waals surface area (Å²) in [7, 11) is -3.06. The van der Waals surface area contributed by atoms with E-state index >= 15 is 0 Å². The molecule has 1 saturated carbocycles. The Bertz CT molecular complexity index is 1080. The van der Waals surface area contributed by atoms with Crippen LogP contribution in [0.1, 0.15) is 44.9 Å². The van der Waals surface area contributed by atoms with E-state index < -0.39 is 9.84 Å². The van der Waals surface area contributed by atoms with Crippen LogP contribution in [0, 0.1) is 11.3 Å². The summed E-state index contributed by atoms with van der Waals surface area (Å²) in [6.07, 6.45) is 6.17. The van der Waals surface area contributed by atoms with Gasteiger partial charge in [-0.05, 0) is 31.4 Å². The molecule has 1 aromatic carbocycles. The molecule has 2 aliphatic rings. The summed E-state index contributed by atoms with van der Waals surface area (Å²) in [5.41, 5.74) is 1.81. The highest BCUT2D eigenvalue weighted by atomic mass is 32.2. The quantitative estimate of drug-likeness (QED) is 0.588. The molecule has 2 heterocycles. The van der Waals surface area contributed by atoms with Gasteiger partial charge in [0, 0.05) is 18.6 Å². The normalized spacial score (nSPS) is 21.2. The van der Waals surface area contributed by atoms with E-state index in [0.29, 0.717) is 19.4 Å². The van der Waals surface area contributed by atoms with E-state index in [2.05, 4.69) is 11.1 Å². The standard InChI is InChI=1S/C22H28N4O3S2/c23-12-6-13-25-20-10-5-4-9-19(20)24-22(25)30-15-21(27)26(17-7-2-1-3-8-17)18-11-14-31(28,29)16-18/h4-5,9-10,17-18H,1-3,6-8,11,13-16H2/t18-/m0/s1. The van der Waals surface area contributed by atoms with Gasteiger partial charge in [0.2, 0.25) is 5.91 Å². The number of rotatable bonds is 7. The van der Waals surface area contributed by atoms with E-state index in [-0.39, 0.29) is 35.2 Å². The van der Waals surface area contributed by atoms with Gasteiger partial charge >= 0.3 is 0 Å². The highest BCUT2D eigenvalue weighted by Gasteiger charge is 2.38. The van der Waals surface area contributed by atoms with Gasteiger partial charge in [-0.25, -0.2) is 13.4 Å². The number of para-hydroxylation sites is 2. The number of fused-ring (bicyclic) bond motifs is 1. The van der Waals surface area contributed by atoms with Crippen LogP contribution in [0.5, 0.6) is 0 Å². The Morgan fingerprint density at radius 3 is 2.68 bits per heavy atom. The molecule has 1 aromatic heterocycles. The van der Waals surface area contributed by atoms with Gasteiger partial charge in [-0.15, -0.1) is 0 Å². The minimum atomic E-state index is -3.06. The summed E-state index contributed by atoms with van der Waals surface area (Å²) in [4.78, 5) is 20.0. The van der Waals surface area contributed by atoms with E-state index in [1.807, 2.05) is 33.7 Å². The molecule has 0 bridgehead atoms. The number of benzene rings is 1. The maximum absolute atomic E-state index is 13.4. The van der Waals surface area contributed by atoms with Crippen molar-refractivity contribution < 1.29 is 13.2 Å².